The van der Waals surface area contributed by atoms with E-state index in [0.717, 1.165) is 32.7 Å². The molecule has 0 saturated carbocycles. The van der Waals surface area contributed by atoms with Crippen molar-refractivity contribution in [3.8, 4) is 0 Å². The van der Waals surface area contributed by atoms with Crippen molar-refractivity contribution >= 4 is 29.3 Å². The van der Waals surface area contributed by atoms with Gasteiger partial charge in [-0.1, -0.05) is 42.5 Å². The first kappa shape index (κ1) is 14.4. The third-order valence-electron chi connectivity index (χ3n) is 4.13. The van der Waals surface area contributed by atoms with Gasteiger partial charge < -0.3 is 4.90 Å². The van der Waals surface area contributed by atoms with Crippen LogP contribution in [0.15, 0.2) is 42.5 Å². The molecule has 0 bridgehead atoms. The summed E-state index contributed by atoms with van der Waals surface area (Å²) in [5.74, 6) is 0.451. The Morgan fingerprint density at radius 3 is 2.48 bits per heavy atom. The predicted molar refractivity (Wildman–Crippen MR) is 89.7 cm³/mol. The Morgan fingerprint density at radius 1 is 1.00 bits per heavy atom. The van der Waals surface area contributed by atoms with E-state index < -0.39 is 0 Å². The highest BCUT2D eigenvalue weighted by molar-refractivity contribution is 7.81. The number of hydrogen-bond acceptors (Lipinski definition) is 3. The second-order valence-electron chi connectivity index (χ2n) is 5.45. The van der Waals surface area contributed by atoms with Gasteiger partial charge in [0.05, 0.1) is 5.75 Å². The van der Waals surface area contributed by atoms with Crippen molar-refractivity contribution in [2.75, 3.05) is 31.9 Å². The van der Waals surface area contributed by atoms with Crippen LogP contribution in [0.3, 0.4) is 0 Å². The molecule has 0 N–H and O–H groups in total. The standard InChI is InChI=1S/C17H20N2OS/c20-17(13-21)19-10-8-18(9-11-19)12-15-6-3-5-14-4-1-2-7-16(14)15/h1-7,21H,8-13H2. The Labute approximate surface area is 130 Å². The molecule has 0 atom stereocenters. The maximum absolute atomic E-state index is 11.6. The molecule has 4 heteroatoms. The van der Waals surface area contributed by atoms with Gasteiger partial charge in [-0.15, -0.1) is 0 Å². The number of carbonyl (C=O) groups is 1. The molecule has 110 valence electrons. The third-order valence-corrected chi connectivity index (χ3v) is 4.40. The van der Waals surface area contributed by atoms with Crippen LogP contribution < -0.4 is 0 Å². The molecule has 1 fully saturated rings. The summed E-state index contributed by atoms with van der Waals surface area (Å²) in [6.45, 7) is 4.43. The monoisotopic (exact) mass is 300 g/mol. The van der Waals surface area contributed by atoms with Crippen molar-refractivity contribution < 1.29 is 4.79 Å². The molecule has 1 amide bonds. The summed E-state index contributed by atoms with van der Waals surface area (Å²) in [5.41, 5.74) is 1.36. The van der Waals surface area contributed by atoms with Gasteiger partial charge in [0.15, 0.2) is 0 Å². The zero-order chi connectivity index (χ0) is 14.7. The lowest BCUT2D eigenvalue weighted by atomic mass is 10.0. The molecule has 0 spiro atoms. The number of carbonyl (C=O) groups excluding carboxylic acids is 1. The van der Waals surface area contributed by atoms with Gasteiger partial charge in [-0.05, 0) is 16.3 Å². The number of thiol groups is 1. The quantitative estimate of drug-likeness (QED) is 0.880. The zero-order valence-corrected chi connectivity index (χ0v) is 12.9. The van der Waals surface area contributed by atoms with Crippen LogP contribution >= 0.6 is 12.6 Å². The minimum absolute atomic E-state index is 0.142. The molecule has 2 aromatic rings. The first-order valence-corrected chi connectivity index (χ1v) is 7.99. The fraction of sp³-hybridized carbons (Fsp3) is 0.353. The molecule has 21 heavy (non-hydrogen) atoms. The van der Waals surface area contributed by atoms with Gasteiger partial charge in [0, 0.05) is 32.7 Å². The molecule has 3 rings (SSSR count). The van der Waals surface area contributed by atoms with Gasteiger partial charge >= 0.3 is 0 Å². The molecule has 0 unspecified atom stereocenters. The number of rotatable bonds is 3. The predicted octanol–water partition coefficient (Wildman–Crippen LogP) is 2.41. The van der Waals surface area contributed by atoms with Crippen LogP contribution in [0, 0.1) is 0 Å². The number of hydrogen-bond donors (Lipinski definition) is 1. The summed E-state index contributed by atoms with van der Waals surface area (Å²) in [7, 11) is 0. The van der Waals surface area contributed by atoms with Gasteiger partial charge in [0.25, 0.3) is 0 Å². The highest BCUT2D eigenvalue weighted by Gasteiger charge is 2.20. The van der Waals surface area contributed by atoms with E-state index in [1.54, 1.807) is 0 Å². The fourth-order valence-electron chi connectivity index (χ4n) is 2.93. The van der Waals surface area contributed by atoms with E-state index in [-0.39, 0.29) is 5.91 Å². The van der Waals surface area contributed by atoms with Crippen LogP contribution in [0.1, 0.15) is 5.56 Å². The molecule has 0 radical (unpaired) electrons. The number of piperazine rings is 1. The molecular weight excluding hydrogens is 280 g/mol. The lowest BCUT2D eigenvalue weighted by molar-refractivity contribution is -0.130. The summed E-state index contributed by atoms with van der Waals surface area (Å²) in [6, 6.07) is 15.0. The van der Waals surface area contributed by atoms with Gasteiger partial charge in [-0.3, -0.25) is 9.69 Å². The molecule has 2 aromatic carbocycles. The van der Waals surface area contributed by atoms with Crippen molar-refractivity contribution in [3.63, 3.8) is 0 Å². The van der Waals surface area contributed by atoms with Gasteiger partial charge in [-0.2, -0.15) is 12.6 Å². The van der Waals surface area contributed by atoms with E-state index in [9.17, 15) is 4.79 Å². The maximum atomic E-state index is 11.6. The smallest absolute Gasteiger partial charge is 0.232 e. The normalized spacial score (nSPS) is 16.3. The van der Waals surface area contributed by atoms with E-state index in [1.807, 2.05) is 4.90 Å². The molecule has 1 aliphatic rings. The maximum Gasteiger partial charge on any atom is 0.232 e. The zero-order valence-electron chi connectivity index (χ0n) is 12.0. The lowest BCUT2D eigenvalue weighted by Crippen LogP contribution is -2.48. The first-order chi connectivity index (χ1) is 10.3. The number of benzene rings is 2. The minimum atomic E-state index is 0.142. The largest absolute Gasteiger partial charge is 0.339 e. The topological polar surface area (TPSA) is 23.6 Å². The molecule has 1 aliphatic heterocycles. The van der Waals surface area contributed by atoms with Gasteiger partial charge in [0.2, 0.25) is 5.91 Å². The second kappa shape index (κ2) is 6.50. The summed E-state index contributed by atoms with van der Waals surface area (Å²) in [4.78, 5) is 16.0. The average Bonchev–Trinajstić information content (AvgIpc) is 2.55. The van der Waals surface area contributed by atoms with Crippen LogP contribution in [0.4, 0.5) is 0 Å². The van der Waals surface area contributed by atoms with Crippen LogP contribution in [-0.2, 0) is 11.3 Å². The van der Waals surface area contributed by atoms with Gasteiger partial charge in [0.1, 0.15) is 0 Å². The van der Waals surface area contributed by atoms with E-state index in [2.05, 4.69) is 60.0 Å². The SMILES string of the molecule is O=C(CS)N1CCN(Cc2cccc3ccccc23)CC1. The molecule has 3 nitrogen and oxygen atoms in total. The minimum Gasteiger partial charge on any atom is -0.339 e. The van der Waals surface area contributed by atoms with Crippen LogP contribution in [0.5, 0.6) is 0 Å². The highest BCUT2D eigenvalue weighted by Crippen LogP contribution is 2.20. The second-order valence-corrected chi connectivity index (χ2v) is 5.77. The van der Waals surface area contributed by atoms with Crippen LogP contribution in [-0.4, -0.2) is 47.6 Å². The highest BCUT2D eigenvalue weighted by atomic mass is 32.1. The Kier molecular flexibility index (Phi) is 4.46. The number of amides is 1. The van der Waals surface area contributed by atoms with Crippen molar-refractivity contribution in [1.29, 1.82) is 0 Å². The number of nitrogens with zero attached hydrogens (tertiary/aromatic N) is 2. The summed E-state index contributed by atoms with van der Waals surface area (Å²) >= 11 is 4.06. The molecular formula is C17H20N2OS. The van der Waals surface area contributed by atoms with Gasteiger partial charge in [-0.25, -0.2) is 0 Å². The summed E-state index contributed by atoms with van der Waals surface area (Å²) in [6.07, 6.45) is 0. The Hall–Kier alpha value is -1.52. The average molecular weight is 300 g/mol. The van der Waals surface area contributed by atoms with E-state index in [0.29, 0.717) is 5.75 Å². The first-order valence-electron chi connectivity index (χ1n) is 7.35. The molecule has 0 aliphatic carbocycles. The molecule has 1 heterocycles. The van der Waals surface area contributed by atoms with Crippen molar-refractivity contribution in [1.82, 2.24) is 9.80 Å². The van der Waals surface area contributed by atoms with Crippen molar-refractivity contribution in [2.24, 2.45) is 0 Å². The van der Waals surface area contributed by atoms with Crippen LogP contribution in [0.2, 0.25) is 0 Å². The van der Waals surface area contributed by atoms with Crippen molar-refractivity contribution in [3.05, 3.63) is 48.0 Å². The van der Waals surface area contributed by atoms with Crippen LogP contribution in [0.25, 0.3) is 10.8 Å². The number of fused-ring (bicyclic) bond motifs is 1. The molecule has 1 saturated heterocycles. The molecule has 0 aromatic heterocycles. The third kappa shape index (κ3) is 3.22. The fourth-order valence-corrected chi connectivity index (χ4v) is 3.13. The Morgan fingerprint density at radius 2 is 1.71 bits per heavy atom. The van der Waals surface area contributed by atoms with E-state index >= 15 is 0 Å². The lowest BCUT2D eigenvalue weighted by Gasteiger charge is -2.34. The summed E-state index contributed by atoms with van der Waals surface area (Å²) < 4.78 is 0. The summed E-state index contributed by atoms with van der Waals surface area (Å²) in [5, 5.41) is 2.62. The Balaban J connectivity index is 1.69. The van der Waals surface area contributed by atoms with Crippen molar-refractivity contribution in [2.45, 2.75) is 6.54 Å². The van der Waals surface area contributed by atoms with E-state index in [4.69, 9.17) is 0 Å². The van der Waals surface area contributed by atoms with E-state index in [1.165, 1.54) is 16.3 Å². The Bertz CT molecular complexity index is 630.